The molecule has 1 aliphatic rings. The van der Waals surface area contributed by atoms with Gasteiger partial charge in [-0.15, -0.1) is 0 Å². The molecule has 0 spiro atoms. The quantitative estimate of drug-likeness (QED) is 0.870. The average molecular weight is 356 g/mol. The number of hydrogen-bond donors (Lipinski definition) is 1. The Morgan fingerprint density at radius 3 is 2.43 bits per heavy atom. The zero-order valence-electron chi connectivity index (χ0n) is 10.6. The van der Waals surface area contributed by atoms with Gasteiger partial charge in [-0.05, 0) is 12.1 Å². The number of carboxylic acids is 1. The van der Waals surface area contributed by atoms with Crippen LogP contribution in [0, 0.1) is 5.82 Å². The molecule has 0 aromatic heterocycles. The molecular weight excluding hydrogens is 345 g/mol. The average Bonchev–Trinajstić information content (AvgIpc) is 2.41. The highest BCUT2D eigenvalue weighted by Crippen LogP contribution is 2.26. The van der Waals surface area contributed by atoms with E-state index in [1.807, 2.05) is 0 Å². The molecule has 0 unspecified atom stereocenters. The monoisotopic (exact) mass is 355 g/mol. The van der Waals surface area contributed by atoms with Gasteiger partial charge in [0.1, 0.15) is 5.82 Å². The molecule has 1 aromatic carbocycles. The summed E-state index contributed by atoms with van der Waals surface area (Å²) in [4.78, 5) is 10.5. The maximum absolute atomic E-state index is 13.6. The first-order valence-electron chi connectivity index (χ1n) is 5.81. The van der Waals surface area contributed by atoms with E-state index in [9.17, 15) is 21.8 Å². The van der Waals surface area contributed by atoms with Crippen molar-refractivity contribution in [2.75, 3.05) is 24.6 Å². The number of aromatic carboxylic acids is 1. The summed E-state index contributed by atoms with van der Waals surface area (Å²) in [5.41, 5.74) is -0.615. The van der Waals surface area contributed by atoms with E-state index in [0.717, 1.165) is 10.4 Å². The molecule has 21 heavy (non-hydrogen) atoms. The maximum Gasteiger partial charge on any atom is 0.337 e. The Morgan fingerprint density at radius 1 is 1.33 bits per heavy atom. The molecular formula is C11H11ClFNO5S2. The van der Waals surface area contributed by atoms with Gasteiger partial charge in [0, 0.05) is 35.4 Å². The number of carboxylic acid groups (broad SMARTS) is 1. The van der Waals surface area contributed by atoms with Crippen molar-refractivity contribution >= 4 is 38.4 Å². The van der Waals surface area contributed by atoms with Crippen LogP contribution in [0.3, 0.4) is 0 Å². The van der Waals surface area contributed by atoms with Gasteiger partial charge in [0.15, 0.2) is 0 Å². The Balaban J connectivity index is 2.45. The highest BCUT2D eigenvalue weighted by molar-refractivity contribution is 7.89. The third-order valence-electron chi connectivity index (χ3n) is 3.01. The topological polar surface area (TPSA) is 91.8 Å². The van der Waals surface area contributed by atoms with Gasteiger partial charge in [-0.25, -0.2) is 17.6 Å². The number of sulfonamides is 1. The molecule has 0 radical (unpaired) electrons. The van der Waals surface area contributed by atoms with Crippen LogP contribution < -0.4 is 0 Å². The standard InChI is InChI=1S/C11H11ClFNO5S2/c12-10-8(11(15)16)5-7(6-9(10)13)21(18,19)14-1-3-20(17)4-2-14/h5-6H,1-4H2,(H,15,16). The minimum absolute atomic E-state index is 0.0432. The molecule has 0 saturated carbocycles. The van der Waals surface area contributed by atoms with Crippen LogP contribution in [0.5, 0.6) is 0 Å². The van der Waals surface area contributed by atoms with Crippen molar-refractivity contribution in [2.45, 2.75) is 4.90 Å². The van der Waals surface area contributed by atoms with Crippen molar-refractivity contribution in [3.63, 3.8) is 0 Å². The fourth-order valence-electron chi connectivity index (χ4n) is 1.88. The second kappa shape index (κ2) is 5.99. The van der Waals surface area contributed by atoms with Gasteiger partial charge >= 0.3 is 5.97 Å². The van der Waals surface area contributed by atoms with E-state index in [2.05, 4.69) is 0 Å². The first kappa shape index (κ1) is 16.3. The molecule has 10 heteroatoms. The van der Waals surface area contributed by atoms with Gasteiger partial charge in [0.05, 0.1) is 15.5 Å². The highest BCUT2D eigenvalue weighted by Gasteiger charge is 2.30. The molecule has 0 atom stereocenters. The molecule has 1 saturated heterocycles. The van der Waals surface area contributed by atoms with Crippen molar-refractivity contribution in [1.29, 1.82) is 0 Å². The van der Waals surface area contributed by atoms with Gasteiger partial charge in [-0.2, -0.15) is 4.31 Å². The van der Waals surface area contributed by atoms with E-state index in [1.54, 1.807) is 0 Å². The summed E-state index contributed by atoms with van der Waals surface area (Å²) in [5.74, 6) is -2.24. The minimum atomic E-state index is -4.04. The molecule has 1 heterocycles. The molecule has 1 aliphatic heterocycles. The van der Waals surface area contributed by atoms with Gasteiger partial charge in [-0.1, -0.05) is 11.6 Å². The predicted molar refractivity (Wildman–Crippen MR) is 75.0 cm³/mol. The summed E-state index contributed by atoms with van der Waals surface area (Å²) >= 11 is 5.51. The Morgan fingerprint density at radius 2 is 1.90 bits per heavy atom. The van der Waals surface area contributed by atoms with Gasteiger partial charge < -0.3 is 5.11 Å². The molecule has 1 fully saturated rings. The molecule has 1 aromatic rings. The number of benzene rings is 1. The largest absolute Gasteiger partial charge is 0.478 e. The molecule has 0 amide bonds. The van der Waals surface area contributed by atoms with Crippen LogP contribution in [0.25, 0.3) is 0 Å². The first-order valence-corrected chi connectivity index (χ1v) is 9.11. The van der Waals surface area contributed by atoms with E-state index in [0.29, 0.717) is 6.07 Å². The lowest BCUT2D eigenvalue weighted by Crippen LogP contribution is -2.41. The van der Waals surface area contributed by atoms with E-state index in [-0.39, 0.29) is 24.6 Å². The van der Waals surface area contributed by atoms with Crippen LogP contribution >= 0.6 is 11.6 Å². The van der Waals surface area contributed by atoms with Crippen LogP contribution in [0.2, 0.25) is 5.02 Å². The Labute approximate surface area is 128 Å². The van der Waals surface area contributed by atoms with Crippen LogP contribution in [0.1, 0.15) is 10.4 Å². The van der Waals surface area contributed by atoms with E-state index >= 15 is 0 Å². The fraction of sp³-hybridized carbons (Fsp3) is 0.364. The van der Waals surface area contributed by atoms with Crippen molar-refractivity contribution < 1.29 is 26.9 Å². The predicted octanol–water partition coefficient (Wildman–Crippen LogP) is 0.930. The van der Waals surface area contributed by atoms with Gasteiger partial charge in [0.2, 0.25) is 10.0 Å². The summed E-state index contributed by atoms with van der Waals surface area (Å²) < 4.78 is 50.7. The summed E-state index contributed by atoms with van der Waals surface area (Å²) in [6.45, 7) is 0.0865. The Bertz CT molecular complexity index is 712. The second-order valence-electron chi connectivity index (χ2n) is 4.32. The van der Waals surface area contributed by atoms with Crippen LogP contribution in [0.15, 0.2) is 17.0 Å². The van der Waals surface area contributed by atoms with Crippen molar-refractivity contribution in [1.82, 2.24) is 4.31 Å². The van der Waals surface area contributed by atoms with E-state index in [4.69, 9.17) is 16.7 Å². The normalized spacial score (nSPS) is 17.8. The molecule has 116 valence electrons. The zero-order valence-corrected chi connectivity index (χ0v) is 13.0. The summed E-state index contributed by atoms with van der Waals surface area (Å²) in [6, 6.07) is 1.52. The highest BCUT2D eigenvalue weighted by atomic mass is 35.5. The van der Waals surface area contributed by atoms with Gasteiger partial charge in [-0.3, -0.25) is 4.21 Å². The first-order chi connectivity index (χ1) is 9.73. The third kappa shape index (κ3) is 3.25. The van der Waals surface area contributed by atoms with Crippen molar-refractivity contribution in [3.05, 3.63) is 28.5 Å². The number of nitrogens with zero attached hydrogens (tertiary/aromatic N) is 1. The lowest BCUT2D eigenvalue weighted by molar-refractivity contribution is 0.0696. The second-order valence-corrected chi connectivity index (χ2v) is 8.34. The number of carbonyl (C=O) groups is 1. The number of halogens is 2. The molecule has 1 N–H and O–H groups in total. The van der Waals surface area contributed by atoms with Gasteiger partial charge in [0.25, 0.3) is 0 Å². The molecule has 0 bridgehead atoms. The summed E-state index contributed by atoms with van der Waals surface area (Å²) in [6.07, 6.45) is 0. The SMILES string of the molecule is O=C(O)c1cc(S(=O)(=O)N2CCS(=O)CC2)cc(F)c1Cl. The summed E-state index contributed by atoms with van der Waals surface area (Å²) in [7, 11) is -5.11. The van der Waals surface area contributed by atoms with E-state index in [1.165, 1.54) is 0 Å². The van der Waals surface area contributed by atoms with Crippen LogP contribution in [-0.4, -0.2) is 52.6 Å². The molecule has 6 nitrogen and oxygen atoms in total. The number of rotatable bonds is 3. The van der Waals surface area contributed by atoms with Crippen molar-refractivity contribution in [3.8, 4) is 0 Å². The Hall–Kier alpha value is -1.03. The minimum Gasteiger partial charge on any atom is -0.478 e. The Kier molecular flexibility index (Phi) is 4.66. The lowest BCUT2D eigenvalue weighted by Gasteiger charge is -2.25. The lowest BCUT2D eigenvalue weighted by atomic mass is 10.2. The fourth-order valence-corrected chi connectivity index (χ4v) is 4.83. The smallest absolute Gasteiger partial charge is 0.337 e. The summed E-state index contributed by atoms with van der Waals surface area (Å²) in [5, 5.41) is 8.29. The number of hydrogen-bond acceptors (Lipinski definition) is 4. The molecule has 2 rings (SSSR count). The van der Waals surface area contributed by atoms with Crippen LogP contribution in [-0.2, 0) is 20.8 Å². The van der Waals surface area contributed by atoms with Crippen LogP contribution in [0.4, 0.5) is 4.39 Å². The van der Waals surface area contributed by atoms with Crippen molar-refractivity contribution in [2.24, 2.45) is 0 Å². The third-order valence-corrected chi connectivity index (χ3v) is 6.54. The van der Waals surface area contributed by atoms with E-state index < -0.39 is 48.1 Å². The molecule has 0 aliphatic carbocycles. The maximum atomic E-state index is 13.6. The zero-order chi connectivity index (χ0) is 15.8.